The van der Waals surface area contributed by atoms with Crippen LogP contribution in [0.15, 0.2) is 0 Å². The van der Waals surface area contributed by atoms with Crippen molar-refractivity contribution >= 4 is 11.8 Å². The van der Waals surface area contributed by atoms with Gasteiger partial charge >= 0.3 is 0 Å². The molecule has 3 aliphatic heterocycles. The Hall–Kier alpha value is -1.10. The van der Waals surface area contributed by atoms with E-state index >= 15 is 0 Å². The molecule has 148 valence electrons. The molecule has 26 heavy (non-hydrogen) atoms. The van der Waals surface area contributed by atoms with Crippen molar-refractivity contribution < 1.29 is 9.59 Å². The van der Waals surface area contributed by atoms with Crippen LogP contribution in [0.2, 0.25) is 0 Å². The van der Waals surface area contributed by atoms with Gasteiger partial charge in [-0.2, -0.15) is 0 Å². The summed E-state index contributed by atoms with van der Waals surface area (Å²) in [5.74, 6) is 2.50. The highest BCUT2D eigenvalue weighted by Gasteiger charge is 2.40. The molecule has 0 saturated carbocycles. The number of carbonyl (C=O) groups excluding carboxylic acids is 2. The number of rotatable bonds is 1. The minimum atomic E-state index is 0.184. The number of piperidine rings is 2. The van der Waals surface area contributed by atoms with Crippen molar-refractivity contribution in [3.63, 3.8) is 0 Å². The molecule has 3 saturated heterocycles. The first-order valence-electron chi connectivity index (χ1n) is 10.7. The predicted molar refractivity (Wildman–Crippen MR) is 104 cm³/mol. The zero-order valence-corrected chi connectivity index (χ0v) is 16.8. The standard InChI is InChI=1S/C21H37N3O2/c1-14(2)18-8-7-15(3)9-21(26)24-13-16-10-17(12-22-11-16)19(24)5-4-6-20(25)23-18/h14-19,22H,4-13H2,1-3H3,(H,23,25)/t15-,16+,17-,18+,19+/m1/s1. The summed E-state index contributed by atoms with van der Waals surface area (Å²) >= 11 is 0. The van der Waals surface area contributed by atoms with E-state index < -0.39 is 0 Å². The van der Waals surface area contributed by atoms with E-state index in [-0.39, 0.29) is 11.9 Å². The Morgan fingerprint density at radius 1 is 1.12 bits per heavy atom. The molecule has 0 aromatic heterocycles. The van der Waals surface area contributed by atoms with Crippen LogP contribution in [0, 0.1) is 23.7 Å². The topological polar surface area (TPSA) is 61.4 Å². The second-order valence-electron chi connectivity index (χ2n) is 9.33. The summed E-state index contributed by atoms with van der Waals surface area (Å²) in [6.45, 7) is 9.50. The average molecular weight is 364 g/mol. The van der Waals surface area contributed by atoms with Gasteiger partial charge in [-0.1, -0.05) is 20.8 Å². The number of hydrogen-bond donors (Lipinski definition) is 2. The van der Waals surface area contributed by atoms with E-state index in [1.165, 1.54) is 6.42 Å². The molecule has 3 heterocycles. The number of nitrogens with zero attached hydrogens (tertiary/aromatic N) is 1. The van der Waals surface area contributed by atoms with Crippen LogP contribution in [0.5, 0.6) is 0 Å². The molecule has 0 spiro atoms. The first-order valence-corrected chi connectivity index (χ1v) is 10.7. The van der Waals surface area contributed by atoms with Crippen LogP contribution in [0.3, 0.4) is 0 Å². The summed E-state index contributed by atoms with van der Waals surface area (Å²) in [5.41, 5.74) is 0. The summed E-state index contributed by atoms with van der Waals surface area (Å²) in [6, 6.07) is 0.542. The van der Waals surface area contributed by atoms with E-state index in [1.54, 1.807) is 0 Å². The zero-order chi connectivity index (χ0) is 18.7. The molecule has 0 aliphatic carbocycles. The highest BCUT2D eigenvalue weighted by molar-refractivity contribution is 5.77. The molecule has 3 aliphatic rings. The Balaban J connectivity index is 1.74. The summed E-state index contributed by atoms with van der Waals surface area (Å²) in [6.07, 6.45) is 6.28. The predicted octanol–water partition coefficient (Wildman–Crippen LogP) is 2.55. The Labute approximate surface area is 158 Å². The van der Waals surface area contributed by atoms with Gasteiger partial charge in [-0.3, -0.25) is 9.59 Å². The van der Waals surface area contributed by atoms with Gasteiger partial charge in [-0.05, 0) is 68.9 Å². The molecule has 3 fully saturated rings. The number of amides is 2. The lowest BCUT2D eigenvalue weighted by Gasteiger charge is -2.48. The summed E-state index contributed by atoms with van der Waals surface area (Å²) < 4.78 is 0. The van der Waals surface area contributed by atoms with Crippen LogP contribution in [-0.2, 0) is 9.59 Å². The Bertz CT molecular complexity index is 507. The van der Waals surface area contributed by atoms with Crippen molar-refractivity contribution in [2.24, 2.45) is 23.7 Å². The van der Waals surface area contributed by atoms with Gasteiger partial charge in [0.05, 0.1) is 0 Å². The van der Waals surface area contributed by atoms with Gasteiger partial charge in [-0.25, -0.2) is 0 Å². The largest absolute Gasteiger partial charge is 0.353 e. The molecule has 5 atom stereocenters. The lowest BCUT2D eigenvalue weighted by Crippen LogP contribution is -2.58. The van der Waals surface area contributed by atoms with Crippen molar-refractivity contribution in [2.45, 2.75) is 77.8 Å². The van der Waals surface area contributed by atoms with Gasteiger partial charge in [-0.15, -0.1) is 0 Å². The van der Waals surface area contributed by atoms with Gasteiger partial charge < -0.3 is 15.5 Å². The smallest absolute Gasteiger partial charge is 0.223 e. The first kappa shape index (κ1) is 19.7. The van der Waals surface area contributed by atoms with Gasteiger partial charge in [0.25, 0.3) is 0 Å². The van der Waals surface area contributed by atoms with E-state index in [0.717, 1.165) is 45.3 Å². The van der Waals surface area contributed by atoms with E-state index in [9.17, 15) is 9.59 Å². The van der Waals surface area contributed by atoms with E-state index in [4.69, 9.17) is 0 Å². The van der Waals surface area contributed by atoms with Gasteiger partial charge in [0.15, 0.2) is 0 Å². The Kier molecular flexibility index (Phi) is 6.60. The third kappa shape index (κ3) is 4.79. The molecule has 2 bridgehead atoms. The van der Waals surface area contributed by atoms with Crippen LogP contribution in [0.1, 0.15) is 65.7 Å². The van der Waals surface area contributed by atoms with Crippen molar-refractivity contribution in [2.75, 3.05) is 19.6 Å². The number of fused-ring (bicyclic) bond motifs is 4. The Morgan fingerprint density at radius 3 is 2.69 bits per heavy atom. The molecule has 3 rings (SSSR count). The molecular weight excluding hydrogens is 326 g/mol. The maximum atomic E-state index is 13.1. The van der Waals surface area contributed by atoms with Gasteiger partial charge in [0, 0.05) is 31.5 Å². The SMILES string of the molecule is CC(C)[C@@H]1CC[C@@H](C)CC(=O)N2C[C@@H]3CNC[C@@H](C3)[C@@H]2CCCC(=O)N1. The molecule has 0 radical (unpaired) electrons. The van der Waals surface area contributed by atoms with Crippen molar-refractivity contribution in [1.82, 2.24) is 15.5 Å². The lowest BCUT2D eigenvalue weighted by molar-refractivity contribution is -0.140. The lowest BCUT2D eigenvalue weighted by atomic mass is 9.78. The third-order valence-electron chi connectivity index (χ3n) is 6.74. The summed E-state index contributed by atoms with van der Waals surface area (Å²) in [7, 11) is 0. The minimum absolute atomic E-state index is 0.184. The van der Waals surface area contributed by atoms with Crippen molar-refractivity contribution in [3.05, 3.63) is 0 Å². The molecule has 5 nitrogen and oxygen atoms in total. The fourth-order valence-electron chi connectivity index (χ4n) is 5.15. The van der Waals surface area contributed by atoms with Crippen molar-refractivity contribution in [1.29, 1.82) is 0 Å². The van der Waals surface area contributed by atoms with Gasteiger partial charge in [0.2, 0.25) is 11.8 Å². The van der Waals surface area contributed by atoms with Crippen LogP contribution < -0.4 is 10.6 Å². The highest BCUT2D eigenvalue weighted by Crippen LogP contribution is 2.34. The molecule has 5 heteroatoms. The first-order chi connectivity index (χ1) is 12.4. The fourth-order valence-corrected chi connectivity index (χ4v) is 5.15. The highest BCUT2D eigenvalue weighted by atomic mass is 16.2. The van der Waals surface area contributed by atoms with Gasteiger partial charge in [0.1, 0.15) is 0 Å². The number of hydrogen-bond acceptors (Lipinski definition) is 3. The van der Waals surface area contributed by atoms with Crippen LogP contribution in [0.25, 0.3) is 0 Å². The molecule has 0 aromatic carbocycles. The van der Waals surface area contributed by atoms with Crippen LogP contribution in [-0.4, -0.2) is 48.4 Å². The quantitative estimate of drug-likeness (QED) is 0.753. The van der Waals surface area contributed by atoms with E-state index in [2.05, 4.69) is 36.3 Å². The summed E-state index contributed by atoms with van der Waals surface area (Å²) in [4.78, 5) is 27.7. The average Bonchev–Trinajstić information content (AvgIpc) is 2.60. The molecule has 2 N–H and O–H groups in total. The second-order valence-corrected chi connectivity index (χ2v) is 9.33. The zero-order valence-electron chi connectivity index (χ0n) is 16.8. The monoisotopic (exact) mass is 363 g/mol. The molecule has 0 aromatic rings. The molecular formula is C21H37N3O2. The van der Waals surface area contributed by atoms with E-state index in [0.29, 0.717) is 48.5 Å². The minimum Gasteiger partial charge on any atom is -0.353 e. The molecule has 0 unspecified atom stereocenters. The van der Waals surface area contributed by atoms with Crippen LogP contribution >= 0.6 is 0 Å². The maximum absolute atomic E-state index is 13.1. The second kappa shape index (κ2) is 8.73. The third-order valence-corrected chi connectivity index (χ3v) is 6.74. The number of carbonyl (C=O) groups is 2. The normalized spacial score (nSPS) is 37.2. The van der Waals surface area contributed by atoms with Crippen LogP contribution in [0.4, 0.5) is 0 Å². The van der Waals surface area contributed by atoms with E-state index in [1.807, 2.05) is 0 Å². The molecule has 2 amide bonds. The maximum Gasteiger partial charge on any atom is 0.223 e. The fraction of sp³-hybridized carbons (Fsp3) is 0.905. The Morgan fingerprint density at radius 2 is 1.92 bits per heavy atom. The number of nitrogens with one attached hydrogen (secondary N) is 2. The summed E-state index contributed by atoms with van der Waals surface area (Å²) in [5, 5.41) is 6.80. The van der Waals surface area contributed by atoms with Crippen molar-refractivity contribution in [3.8, 4) is 0 Å².